The number of rotatable bonds is 1. The number of fused-ring (bicyclic) bond motifs is 1. The minimum atomic E-state index is 0.736. The number of hydrogen-bond acceptors (Lipinski definition) is 5. The average molecular weight is 231 g/mol. The fourth-order valence-corrected chi connectivity index (χ4v) is 2.60. The maximum atomic E-state index is 5.72. The largest absolute Gasteiger partial charge is 0.441 e. The van der Waals surface area contributed by atoms with Crippen LogP contribution in [-0.2, 0) is 0 Å². The Bertz CT molecular complexity index is 656. The minimum absolute atomic E-state index is 0.736. The van der Waals surface area contributed by atoms with Crippen LogP contribution in [-0.4, -0.2) is 9.97 Å². The van der Waals surface area contributed by atoms with Crippen molar-refractivity contribution in [2.45, 2.75) is 6.92 Å². The first-order valence-corrected chi connectivity index (χ1v) is 5.62. The topological polar surface area (TPSA) is 64.9 Å². The molecule has 2 heterocycles. The van der Waals surface area contributed by atoms with Crippen LogP contribution in [0, 0.1) is 6.92 Å². The van der Waals surface area contributed by atoms with Gasteiger partial charge in [-0.25, -0.2) is 9.97 Å². The molecule has 0 atom stereocenters. The van der Waals surface area contributed by atoms with Crippen LogP contribution in [0.5, 0.6) is 0 Å². The van der Waals surface area contributed by atoms with Gasteiger partial charge >= 0.3 is 0 Å². The van der Waals surface area contributed by atoms with Gasteiger partial charge in [0.2, 0.25) is 0 Å². The second kappa shape index (κ2) is 3.31. The lowest BCUT2D eigenvalue weighted by molar-refractivity contribution is 0.571. The molecule has 0 radical (unpaired) electrons. The van der Waals surface area contributed by atoms with E-state index >= 15 is 0 Å². The number of oxazole rings is 1. The summed E-state index contributed by atoms with van der Waals surface area (Å²) < 4.78 is 6.38. The molecule has 0 fully saturated rings. The highest BCUT2D eigenvalue weighted by molar-refractivity contribution is 7.21. The van der Waals surface area contributed by atoms with Gasteiger partial charge in [-0.1, -0.05) is 0 Å². The average Bonchev–Trinajstić information content (AvgIpc) is 2.82. The Hall–Kier alpha value is -1.88. The SMILES string of the molecule is Cc1ncoc1-c1nc2ccc(N)cc2s1. The molecule has 1 aromatic carbocycles. The molecule has 0 aliphatic rings. The summed E-state index contributed by atoms with van der Waals surface area (Å²) in [6.45, 7) is 1.90. The number of nitrogen functional groups attached to an aromatic ring is 1. The fourth-order valence-electron chi connectivity index (χ4n) is 1.55. The minimum Gasteiger partial charge on any atom is -0.441 e. The van der Waals surface area contributed by atoms with Crippen LogP contribution in [0.1, 0.15) is 5.69 Å². The Labute approximate surface area is 95.7 Å². The smallest absolute Gasteiger partial charge is 0.185 e. The summed E-state index contributed by atoms with van der Waals surface area (Å²) in [5.41, 5.74) is 8.26. The molecule has 3 aromatic rings. The lowest BCUT2D eigenvalue weighted by atomic mass is 10.3. The Morgan fingerprint density at radius 2 is 2.25 bits per heavy atom. The number of anilines is 1. The van der Waals surface area contributed by atoms with E-state index in [1.165, 1.54) is 6.39 Å². The van der Waals surface area contributed by atoms with Crippen molar-refractivity contribution in [3.8, 4) is 10.8 Å². The summed E-state index contributed by atoms with van der Waals surface area (Å²) in [6, 6.07) is 5.68. The van der Waals surface area contributed by atoms with Crippen molar-refractivity contribution < 1.29 is 4.42 Å². The zero-order chi connectivity index (χ0) is 11.1. The van der Waals surface area contributed by atoms with Gasteiger partial charge in [-0.05, 0) is 25.1 Å². The number of aromatic nitrogens is 2. The molecule has 3 rings (SSSR count). The molecular formula is C11H9N3OS. The fraction of sp³-hybridized carbons (Fsp3) is 0.0909. The Balaban J connectivity index is 2.23. The summed E-state index contributed by atoms with van der Waals surface area (Å²) in [7, 11) is 0. The first kappa shape index (κ1) is 9.35. The van der Waals surface area contributed by atoms with Gasteiger partial charge < -0.3 is 10.2 Å². The van der Waals surface area contributed by atoms with Crippen molar-refractivity contribution in [2.75, 3.05) is 5.73 Å². The maximum Gasteiger partial charge on any atom is 0.185 e. The van der Waals surface area contributed by atoms with Gasteiger partial charge in [0.15, 0.2) is 17.2 Å². The molecule has 2 N–H and O–H groups in total. The van der Waals surface area contributed by atoms with Crippen LogP contribution in [0.2, 0.25) is 0 Å². The normalized spacial score (nSPS) is 11.1. The highest BCUT2D eigenvalue weighted by Crippen LogP contribution is 2.32. The van der Waals surface area contributed by atoms with E-state index in [2.05, 4.69) is 9.97 Å². The van der Waals surface area contributed by atoms with E-state index in [0.29, 0.717) is 0 Å². The molecule has 5 heteroatoms. The molecular weight excluding hydrogens is 222 g/mol. The van der Waals surface area contributed by atoms with E-state index in [1.54, 1.807) is 11.3 Å². The molecule has 4 nitrogen and oxygen atoms in total. The van der Waals surface area contributed by atoms with Gasteiger partial charge in [-0.3, -0.25) is 0 Å². The third-order valence-corrected chi connectivity index (χ3v) is 3.37. The quantitative estimate of drug-likeness (QED) is 0.654. The molecule has 0 bridgehead atoms. The van der Waals surface area contributed by atoms with Crippen LogP contribution in [0.4, 0.5) is 5.69 Å². The van der Waals surface area contributed by atoms with Crippen LogP contribution < -0.4 is 5.73 Å². The van der Waals surface area contributed by atoms with Crippen molar-refractivity contribution in [2.24, 2.45) is 0 Å². The number of nitrogens with two attached hydrogens (primary N) is 1. The van der Waals surface area contributed by atoms with E-state index in [-0.39, 0.29) is 0 Å². The maximum absolute atomic E-state index is 5.72. The van der Waals surface area contributed by atoms with Crippen molar-refractivity contribution >= 4 is 27.2 Å². The van der Waals surface area contributed by atoms with Gasteiger partial charge in [-0.15, -0.1) is 11.3 Å². The predicted octanol–water partition coefficient (Wildman–Crippen LogP) is 2.84. The van der Waals surface area contributed by atoms with Gasteiger partial charge in [0.25, 0.3) is 0 Å². The molecule has 16 heavy (non-hydrogen) atoms. The van der Waals surface area contributed by atoms with E-state index in [0.717, 1.165) is 32.4 Å². The number of aryl methyl sites for hydroxylation is 1. The molecule has 0 saturated carbocycles. The standard InChI is InChI=1S/C11H9N3OS/c1-6-10(15-5-13-6)11-14-8-3-2-7(12)4-9(8)16-11/h2-5H,12H2,1H3. The summed E-state index contributed by atoms with van der Waals surface area (Å²) in [4.78, 5) is 8.54. The molecule has 0 aliphatic carbocycles. The summed E-state index contributed by atoms with van der Waals surface area (Å²) in [6.07, 6.45) is 1.44. The summed E-state index contributed by atoms with van der Waals surface area (Å²) >= 11 is 1.56. The van der Waals surface area contributed by atoms with Gasteiger partial charge in [0, 0.05) is 5.69 Å². The summed E-state index contributed by atoms with van der Waals surface area (Å²) in [5.74, 6) is 0.736. The third kappa shape index (κ3) is 1.37. The highest BCUT2D eigenvalue weighted by Gasteiger charge is 2.12. The molecule has 0 spiro atoms. The third-order valence-electron chi connectivity index (χ3n) is 2.35. The van der Waals surface area contributed by atoms with Crippen molar-refractivity contribution in [3.63, 3.8) is 0 Å². The molecule has 2 aromatic heterocycles. The predicted molar refractivity (Wildman–Crippen MR) is 64.3 cm³/mol. The summed E-state index contributed by atoms with van der Waals surface area (Å²) in [5, 5.41) is 0.843. The van der Waals surface area contributed by atoms with Crippen LogP contribution in [0.25, 0.3) is 21.0 Å². The van der Waals surface area contributed by atoms with E-state index in [4.69, 9.17) is 10.2 Å². The highest BCUT2D eigenvalue weighted by atomic mass is 32.1. The zero-order valence-corrected chi connectivity index (χ0v) is 9.41. The molecule has 0 unspecified atom stereocenters. The molecule has 0 aliphatic heterocycles. The van der Waals surface area contributed by atoms with Crippen LogP contribution >= 0.6 is 11.3 Å². The first-order chi connectivity index (χ1) is 7.74. The van der Waals surface area contributed by atoms with Crippen molar-refractivity contribution in [1.82, 2.24) is 9.97 Å². The lowest BCUT2D eigenvalue weighted by Crippen LogP contribution is -1.81. The van der Waals surface area contributed by atoms with Crippen molar-refractivity contribution in [3.05, 3.63) is 30.3 Å². The second-order valence-corrected chi connectivity index (χ2v) is 4.54. The molecule has 0 saturated heterocycles. The van der Waals surface area contributed by atoms with Gasteiger partial charge in [0.05, 0.1) is 15.9 Å². The number of nitrogens with zero attached hydrogens (tertiary/aromatic N) is 2. The zero-order valence-electron chi connectivity index (χ0n) is 8.60. The van der Waals surface area contributed by atoms with E-state index < -0.39 is 0 Å². The molecule has 0 amide bonds. The number of benzene rings is 1. The van der Waals surface area contributed by atoms with Gasteiger partial charge in [-0.2, -0.15) is 0 Å². The van der Waals surface area contributed by atoms with Crippen LogP contribution in [0.3, 0.4) is 0 Å². The number of thiazole rings is 1. The van der Waals surface area contributed by atoms with Crippen molar-refractivity contribution in [1.29, 1.82) is 0 Å². The second-order valence-electron chi connectivity index (χ2n) is 3.51. The lowest BCUT2D eigenvalue weighted by Gasteiger charge is -1.89. The monoisotopic (exact) mass is 231 g/mol. The Morgan fingerprint density at radius 3 is 3.00 bits per heavy atom. The number of hydrogen-bond donors (Lipinski definition) is 1. The van der Waals surface area contributed by atoms with E-state index in [9.17, 15) is 0 Å². The first-order valence-electron chi connectivity index (χ1n) is 4.80. The van der Waals surface area contributed by atoms with E-state index in [1.807, 2.05) is 25.1 Å². The van der Waals surface area contributed by atoms with Crippen LogP contribution in [0.15, 0.2) is 29.0 Å². The Morgan fingerprint density at radius 1 is 1.38 bits per heavy atom. The van der Waals surface area contributed by atoms with Gasteiger partial charge in [0.1, 0.15) is 0 Å². The molecule has 80 valence electrons. The Kier molecular flexibility index (Phi) is 1.94.